The minimum Gasteiger partial charge on any atom is -0.379 e. The van der Waals surface area contributed by atoms with Gasteiger partial charge in [0.05, 0.1) is 0 Å². The number of nitrogens with two attached hydrogens (primary N) is 1. The average Bonchev–Trinajstić information content (AvgIpc) is 3.19. The zero-order chi connectivity index (χ0) is 14.1. The van der Waals surface area contributed by atoms with Gasteiger partial charge in [-0.05, 0) is 40.9 Å². The van der Waals surface area contributed by atoms with E-state index < -0.39 is 0 Å². The van der Waals surface area contributed by atoms with Crippen LogP contribution in [0.25, 0.3) is 0 Å². The first-order valence-corrected chi connectivity index (χ1v) is 6.28. The Labute approximate surface area is 114 Å². The second kappa shape index (κ2) is 4.92. The molecule has 1 fully saturated rings. The first-order valence-electron chi connectivity index (χ1n) is 6.28. The first-order chi connectivity index (χ1) is 9.65. The number of carbonyl (C=O) groups excluding carboxylic acids is 1. The highest BCUT2D eigenvalue weighted by Crippen LogP contribution is 2.30. The Kier molecular flexibility index (Phi) is 3.09. The van der Waals surface area contributed by atoms with Gasteiger partial charge >= 0.3 is 0 Å². The largest absolute Gasteiger partial charge is 0.379 e. The minimum absolute atomic E-state index is 0.0141. The van der Waals surface area contributed by atoms with E-state index in [9.17, 15) is 9.18 Å². The molecule has 2 aromatic rings. The summed E-state index contributed by atoms with van der Waals surface area (Å²) >= 11 is 0. The molecule has 1 heterocycles. The van der Waals surface area contributed by atoms with E-state index in [4.69, 9.17) is 5.73 Å². The van der Waals surface area contributed by atoms with E-state index in [0.29, 0.717) is 6.54 Å². The van der Waals surface area contributed by atoms with E-state index in [-0.39, 0.29) is 29.3 Å². The fraction of sp³-hybridized carbons (Fsp3) is 0.308. The van der Waals surface area contributed by atoms with Crippen molar-refractivity contribution in [3.63, 3.8) is 0 Å². The Morgan fingerprint density at radius 3 is 2.60 bits per heavy atom. The van der Waals surface area contributed by atoms with Crippen LogP contribution >= 0.6 is 0 Å². The molecule has 0 spiro atoms. The number of hydrogen-bond donors (Lipinski definition) is 1. The van der Waals surface area contributed by atoms with E-state index in [1.54, 1.807) is 17.0 Å². The van der Waals surface area contributed by atoms with Crippen molar-refractivity contribution in [3.05, 3.63) is 41.3 Å². The van der Waals surface area contributed by atoms with Crippen molar-refractivity contribution in [3.8, 4) is 0 Å². The van der Waals surface area contributed by atoms with E-state index in [2.05, 4.69) is 14.9 Å². The molecule has 1 amide bonds. The molecule has 7 heteroatoms. The fourth-order valence-corrected chi connectivity index (χ4v) is 2.02. The van der Waals surface area contributed by atoms with E-state index in [1.165, 1.54) is 12.1 Å². The molecular formula is C13H13FN4O2. The molecule has 104 valence electrons. The van der Waals surface area contributed by atoms with Crippen LogP contribution in [0.15, 0.2) is 28.9 Å². The quantitative estimate of drug-likeness (QED) is 0.916. The van der Waals surface area contributed by atoms with Gasteiger partial charge in [0.15, 0.2) is 0 Å². The lowest BCUT2D eigenvalue weighted by atomic mass is 10.2. The SMILES string of the molecule is Nc1nonc1C(=O)N(Cc1ccc(F)cc1)C1CC1. The van der Waals surface area contributed by atoms with Gasteiger partial charge in [0.2, 0.25) is 11.5 Å². The fourth-order valence-electron chi connectivity index (χ4n) is 2.02. The molecule has 0 atom stereocenters. The van der Waals surface area contributed by atoms with Crippen molar-refractivity contribution in [1.29, 1.82) is 0 Å². The molecule has 1 aromatic heterocycles. The maximum absolute atomic E-state index is 12.9. The summed E-state index contributed by atoms with van der Waals surface area (Å²) in [6.45, 7) is 0.385. The molecule has 1 aromatic carbocycles. The number of halogens is 1. The lowest BCUT2D eigenvalue weighted by molar-refractivity contribution is 0.0719. The summed E-state index contributed by atoms with van der Waals surface area (Å²) in [7, 11) is 0. The Balaban J connectivity index is 1.81. The smallest absolute Gasteiger partial charge is 0.280 e. The third-order valence-electron chi connectivity index (χ3n) is 3.23. The summed E-state index contributed by atoms with van der Waals surface area (Å²) in [6, 6.07) is 6.22. The molecule has 3 rings (SSSR count). The third kappa shape index (κ3) is 2.47. The highest BCUT2D eigenvalue weighted by atomic mass is 19.1. The Morgan fingerprint density at radius 1 is 1.35 bits per heavy atom. The van der Waals surface area contributed by atoms with Crippen molar-refractivity contribution >= 4 is 11.7 Å². The zero-order valence-electron chi connectivity index (χ0n) is 10.6. The number of nitrogens with zero attached hydrogens (tertiary/aromatic N) is 3. The van der Waals surface area contributed by atoms with Crippen LogP contribution < -0.4 is 5.73 Å². The van der Waals surface area contributed by atoms with Crippen molar-refractivity contribution < 1.29 is 13.8 Å². The van der Waals surface area contributed by atoms with Gasteiger partial charge in [-0.2, -0.15) is 0 Å². The van der Waals surface area contributed by atoms with Crippen LogP contribution in [-0.2, 0) is 6.54 Å². The summed E-state index contributed by atoms with van der Waals surface area (Å²) in [5.74, 6) is -0.627. The van der Waals surface area contributed by atoms with Crippen molar-refractivity contribution in [2.24, 2.45) is 0 Å². The van der Waals surface area contributed by atoms with Crippen LogP contribution in [0.2, 0.25) is 0 Å². The molecule has 0 saturated heterocycles. The topological polar surface area (TPSA) is 85.2 Å². The van der Waals surface area contributed by atoms with Crippen LogP contribution in [0.1, 0.15) is 28.9 Å². The van der Waals surface area contributed by atoms with Crippen molar-refractivity contribution in [2.75, 3.05) is 5.73 Å². The Hall–Kier alpha value is -2.44. The minimum atomic E-state index is -0.310. The highest BCUT2D eigenvalue weighted by Gasteiger charge is 2.35. The molecule has 0 aliphatic heterocycles. The van der Waals surface area contributed by atoms with Gasteiger partial charge in [-0.1, -0.05) is 12.1 Å². The molecule has 1 aliphatic rings. The maximum Gasteiger partial charge on any atom is 0.280 e. The second-order valence-corrected chi connectivity index (χ2v) is 4.79. The zero-order valence-corrected chi connectivity index (χ0v) is 10.6. The van der Waals surface area contributed by atoms with Crippen LogP contribution in [0.4, 0.5) is 10.2 Å². The standard InChI is InChI=1S/C13H13FN4O2/c14-9-3-1-8(2-4-9)7-18(10-5-6-10)13(19)11-12(15)17-20-16-11/h1-4,10H,5-7H2,(H2,15,17). The third-order valence-corrected chi connectivity index (χ3v) is 3.23. The second-order valence-electron chi connectivity index (χ2n) is 4.79. The van der Waals surface area contributed by atoms with Crippen LogP contribution in [-0.4, -0.2) is 27.2 Å². The van der Waals surface area contributed by atoms with Crippen molar-refractivity contribution in [1.82, 2.24) is 15.2 Å². The first kappa shape index (κ1) is 12.6. The Morgan fingerprint density at radius 2 is 2.05 bits per heavy atom. The normalized spacial score (nSPS) is 14.2. The molecule has 2 N–H and O–H groups in total. The number of nitrogen functional groups attached to an aromatic ring is 1. The van der Waals surface area contributed by atoms with Gasteiger partial charge in [-0.3, -0.25) is 4.79 Å². The maximum atomic E-state index is 12.9. The molecule has 1 saturated carbocycles. The monoisotopic (exact) mass is 276 g/mol. The average molecular weight is 276 g/mol. The number of rotatable bonds is 4. The number of amides is 1. The molecule has 0 unspecified atom stereocenters. The molecule has 6 nitrogen and oxygen atoms in total. The molecule has 0 radical (unpaired) electrons. The van der Waals surface area contributed by atoms with Crippen LogP contribution in [0.3, 0.4) is 0 Å². The van der Waals surface area contributed by atoms with Gasteiger partial charge in [-0.15, -0.1) is 0 Å². The molecular weight excluding hydrogens is 263 g/mol. The summed E-state index contributed by atoms with van der Waals surface area (Å²) in [5, 5.41) is 6.95. The van der Waals surface area contributed by atoms with Gasteiger partial charge in [0.1, 0.15) is 5.82 Å². The summed E-state index contributed by atoms with van der Waals surface area (Å²) < 4.78 is 17.4. The summed E-state index contributed by atoms with van der Waals surface area (Å²) in [4.78, 5) is 14.1. The van der Waals surface area contributed by atoms with Gasteiger partial charge in [-0.25, -0.2) is 9.02 Å². The lowest BCUT2D eigenvalue weighted by Gasteiger charge is -2.21. The highest BCUT2D eigenvalue weighted by molar-refractivity contribution is 5.96. The van der Waals surface area contributed by atoms with E-state index >= 15 is 0 Å². The number of anilines is 1. The van der Waals surface area contributed by atoms with Crippen molar-refractivity contribution in [2.45, 2.75) is 25.4 Å². The van der Waals surface area contributed by atoms with Gasteiger partial charge < -0.3 is 10.6 Å². The number of hydrogen-bond acceptors (Lipinski definition) is 5. The summed E-state index contributed by atoms with van der Waals surface area (Å²) in [6.07, 6.45) is 1.89. The van der Waals surface area contributed by atoms with E-state index in [1.807, 2.05) is 0 Å². The predicted molar refractivity (Wildman–Crippen MR) is 68.0 cm³/mol. The molecule has 20 heavy (non-hydrogen) atoms. The van der Waals surface area contributed by atoms with Crippen LogP contribution in [0, 0.1) is 5.82 Å². The van der Waals surface area contributed by atoms with Crippen LogP contribution in [0.5, 0.6) is 0 Å². The lowest BCUT2D eigenvalue weighted by Crippen LogP contribution is -2.33. The number of aromatic nitrogens is 2. The number of benzene rings is 1. The molecule has 1 aliphatic carbocycles. The summed E-state index contributed by atoms with van der Waals surface area (Å²) in [5.41, 5.74) is 6.42. The Bertz CT molecular complexity index is 622. The van der Waals surface area contributed by atoms with Gasteiger partial charge in [0.25, 0.3) is 5.91 Å². The van der Waals surface area contributed by atoms with E-state index in [0.717, 1.165) is 18.4 Å². The van der Waals surface area contributed by atoms with Gasteiger partial charge in [0, 0.05) is 12.6 Å². The molecule has 0 bridgehead atoms. The predicted octanol–water partition coefficient (Wildman–Crippen LogP) is 1.60. The number of carbonyl (C=O) groups is 1.